The Bertz CT molecular complexity index is 782. The number of cyclic esters (lactones) is 2. The van der Waals surface area contributed by atoms with E-state index in [1.54, 1.807) is 0 Å². The van der Waals surface area contributed by atoms with Gasteiger partial charge in [-0.1, -0.05) is 66.2 Å². The number of hydrogen-bond donors (Lipinski definition) is 0. The molecule has 0 atom stereocenters. The van der Waals surface area contributed by atoms with Gasteiger partial charge in [0, 0.05) is 5.57 Å². The molecule has 0 aliphatic carbocycles. The lowest BCUT2D eigenvalue weighted by molar-refractivity contribution is -0.149. The molecule has 23 heavy (non-hydrogen) atoms. The van der Waals surface area contributed by atoms with Crippen LogP contribution in [0.2, 0.25) is 0 Å². The van der Waals surface area contributed by atoms with E-state index in [0.717, 1.165) is 22.3 Å². The van der Waals surface area contributed by atoms with E-state index in [-0.39, 0.29) is 0 Å². The predicted molar refractivity (Wildman–Crippen MR) is 88.4 cm³/mol. The SMILES string of the molecule is CC(C)=C1C(=O)OC(=O)C1=C(c1ccccc1)c1ccccc1. The maximum atomic E-state index is 12.4. The molecule has 0 radical (unpaired) electrons. The van der Waals surface area contributed by atoms with Gasteiger partial charge in [-0.25, -0.2) is 9.59 Å². The topological polar surface area (TPSA) is 43.4 Å². The molecule has 0 N–H and O–H groups in total. The maximum absolute atomic E-state index is 12.4. The Hall–Kier alpha value is -2.94. The number of hydrogen-bond acceptors (Lipinski definition) is 3. The van der Waals surface area contributed by atoms with Crippen LogP contribution in [0, 0.1) is 0 Å². The van der Waals surface area contributed by atoms with Gasteiger partial charge in [0.2, 0.25) is 0 Å². The molecule has 3 rings (SSSR count). The molecule has 0 spiro atoms. The van der Waals surface area contributed by atoms with E-state index in [2.05, 4.69) is 0 Å². The lowest BCUT2D eigenvalue weighted by atomic mass is 9.89. The minimum Gasteiger partial charge on any atom is -0.386 e. The number of ether oxygens (including phenoxy) is 1. The second-order valence-electron chi connectivity index (χ2n) is 5.53. The van der Waals surface area contributed by atoms with Crippen LogP contribution in [0.1, 0.15) is 25.0 Å². The molecule has 0 aromatic heterocycles. The van der Waals surface area contributed by atoms with Crippen molar-refractivity contribution in [1.29, 1.82) is 0 Å². The first kappa shape index (κ1) is 15.0. The Morgan fingerprint density at radius 1 is 0.696 bits per heavy atom. The summed E-state index contributed by atoms with van der Waals surface area (Å²) in [5.41, 5.74) is 3.93. The van der Waals surface area contributed by atoms with Crippen molar-refractivity contribution in [3.8, 4) is 0 Å². The van der Waals surface area contributed by atoms with E-state index in [1.807, 2.05) is 74.5 Å². The lowest BCUT2D eigenvalue weighted by Crippen LogP contribution is -2.02. The van der Waals surface area contributed by atoms with E-state index in [0.29, 0.717) is 11.1 Å². The van der Waals surface area contributed by atoms with Crippen LogP contribution < -0.4 is 0 Å². The van der Waals surface area contributed by atoms with Crippen LogP contribution >= 0.6 is 0 Å². The number of rotatable bonds is 2. The van der Waals surface area contributed by atoms with Crippen molar-refractivity contribution in [3.05, 3.63) is 88.5 Å². The van der Waals surface area contributed by atoms with Gasteiger partial charge in [-0.3, -0.25) is 0 Å². The quantitative estimate of drug-likeness (QED) is 0.480. The van der Waals surface area contributed by atoms with Crippen molar-refractivity contribution in [2.45, 2.75) is 13.8 Å². The Morgan fingerprint density at radius 3 is 1.57 bits per heavy atom. The summed E-state index contributed by atoms with van der Waals surface area (Å²) < 4.78 is 4.88. The molecule has 0 bridgehead atoms. The molecule has 0 saturated carbocycles. The van der Waals surface area contributed by atoms with Crippen LogP contribution in [0.25, 0.3) is 5.57 Å². The van der Waals surface area contributed by atoms with E-state index in [9.17, 15) is 9.59 Å². The van der Waals surface area contributed by atoms with Crippen LogP contribution in [-0.4, -0.2) is 11.9 Å². The van der Waals surface area contributed by atoms with E-state index in [4.69, 9.17) is 4.74 Å². The van der Waals surface area contributed by atoms with Gasteiger partial charge < -0.3 is 4.74 Å². The highest BCUT2D eigenvalue weighted by Gasteiger charge is 2.37. The van der Waals surface area contributed by atoms with Gasteiger partial charge in [0.25, 0.3) is 0 Å². The smallest absolute Gasteiger partial charge is 0.347 e. The third kappa shape index (κ3) is 2.73. The molecule has 0 amide bonds. The highest BCUT2D eigenvalue weighted by molar-refractivity contribution is 6.23. The average molecular weight is 304 g/mol. The predicted octanol–water partition coefficient (Wildman–Crippen LogP) is 3.91. The van der Waals surface area contributed by atoms with Gasteiger partial charge in [0.1, 0.15) is 0 Å². The molecule has 1 heterocycles. The number of esters is 2. The van der Waals surface area contributed by atoms with Gasteiger partial charge in [-0.2, -0.15) is 0 Å². The van der Waals surface area contributed by atoms with Gasteiger partial charge >= 0.3 is 11.9 Å². The molecule has 1 saturated heterocycles. The normalized spacial score (nSPS) is 14.0. The second-order valence-corrected chi connectivity index (χ2v) is 5.53. The molecule has 2 aromatic rings. The largest absolute Gasteiger partial charge is 0.386 e. The number of allylic oxidation sites excluding steroid dienone is 1. The van der Waals surface area contributed by atoms with Crippen LogP contribution in [0.5, 0.6) is 0 Å². The van der Waals surface area contributed by atoms with Crippen molar-refractivity contribution in [2.24, 2.45) is 0 Å². The van der Waals surface area contributed by atoms with Crippen molar-refractivity contribution in [2.75, 3.05) is 0 Å². The first-order valence-corrected chi connectivity index (χ1v) is 7.39. The van der Waals surface area contributed by atoms with Crippen LogP contribution in [-0.2, 0) is 14.3 Å². The number of benzene rings is 2. The zero-order chi connectivity index (χ0) is 16.4. The van der Waals surface area contributed by atoms with Gasteiger partial charge in [-0.15, -0.1) is 0 Å². The second kappa shape index (κ2) is 6.05. The summed E-state index contributed by atoms with van der Waals surface area (Å²) in [7, 11) is 0. The minimum atomic E-state index is -0.589. The van der Waals surface area contributed by atoms with Gasteiger partial charge in [0.15, 0.2) is 0 Å². The van der Waals surface area contributed by atoms with Gasteiger partial charge in [0.05, 0.1) is 11.1 Å². The summed E-state index contributed by atoms with van der Waals surface area (Å²) in [4.78, 5) is 24.4. The fourth-order valence-electron chi connectivity index (χ4n) is 2.74. The third-order valence-electron chi connectivity index (χ3n) is 3.72. The highest BCUT2D eigenvalue weighted by Crippen LogP contribution is 2.36. The summed E-state index contributed by atoms with van der Waals surface area (Å²) in [6, 6.07) is 19.1. The van der Waals surface area contributed by atoms with E-state index < -0.39 is 11.9 Å². The fraction of sp³-hybridized carbons (Fsp3) is 0.100. The standard InChI is InChI=1S/C20H16O3/c1-13(2)16-18(20(22)23-19(16)21)17(14-9-5-3-6-10-14)15-11-7-4-8-12-15/h3-12H,1-2H3. The van der Waals surface area contributed by atoms with Crippen LogP contribution in [0.15, 0.2) is 77.4 Å². The molecule has 0 unspecified atom stereocenters. The Balaban J connectivity index is 2.38. The van der Waals surface area contributed by atoms with E-state index in [1.165, 1.54) is 0 Å². The lowest BCUT2D eigenvalue weighted by Gasteiger charge is -2.11. The molecule has 3 nitrogen and oxygen atoms in total. The Labute approximate surface area is 134 Å². The molecular weight excluding hydrogens is 288 g/mol. The van der Waals surface area contributed by atoms with E-state index >= 15 is 0 Å². The van der Waals surface area contributed by atoms with Crippen molar-refractivity contribution in [1.82, 2.24) is 0 Å². The van der Waals surface area contributed by atoms with Crippen molar-refractivity contribution in [3.63, 3.8) is 0 Å². The molecule has 114 valence electrons. The number of carbonyl (C=O) groups excluding carboxylic acids is 2. The monoisotopic (exact) mass is 304 g/mol. The number of carbonyl (C=O) groups is 2. The summed E-state index contributed by atoms with van der Waals surface area (Å²) >= 11 is 0. The minimum absolute atomic E-state index is 0.340. The zero-order valence-electron chi connectivity index (χ0n) is 13.0. The zero-order valence-corrected chi connectivity index (χ0v) is 13.0. The summed E-state index contributed by atoms with van der Waals surface area (Å²) in [5, 5.41) is 0. The van der Waals surface area contributed by atoms with Crippen LogP contribution in [0.4, 0.5) is 0 Å². The Kier molecular flexibility index (Phi) is 3.94. The summed E-state index contributed by atoms with van der Waals surface area (Å²) in [6.45, 7) is 3.62. The van der Waals surface area contributed by atoms with Crippen molar-refractivity contribution >= 4 is 17.5 Å². The van der Waals surface area contributed by atoms with Crippen LogP contribution in [0.3, 0.4) is 0 Å². The van der Waals surface area contributed by atoms with Gasteiger partial charge in [-0.05, 0) is 25.0 Å². The van der Waals surface area contributed by atoms with Crippen molar-refractivity contribution < 1.29 is 14.3 Å². The first-order valence-electron chi connectivity index (χ1n) is 7.39. The fourth-order valence-corrected chi connectivity index (χ4v) is 2.74. The molecule has 1 aliphatic rings. The first-order chi connectivity index (χ1) is 11.1. The highest BCUT2D eigenvalue weighted by atomic mass is 16.6. The molecule has 2 aromatic carbocycles. The molecule has 3 heteroatoms. The Morgan fingerprint density at radius 2 is 1.13 bits per heavy atom. The third-order valence-corrected chi connectivity index (χ3v) is 3.72. The average Bonchev–Trinajstić information content (AvgIpc) is 2.84. The summed E-state index contributed by atoms with van der Waals surface area (Å²) in [6.07, 6.45) is 0. The molecule has 1 fully saturated rings. The summed E-state index contributed by atoms with van der Waals surface area (Å²) in [5.74, 6) is -1.16. The molecule has 1 aliphatic heterocycles. The maximum Gasteiger partial charge on any atom is 0.347 e. The molecular formula is C20H16O3.